The standard InChI is InChI=1S/C10H9F3N2O3S2/c1-14(2)7-6-5(19-8(16)20-6)3-4-9(7,15(17)18)10(11,12)13/h3H,4H2,1-2H3. The molecule has 1 atom stereocenters. The molecule has 5 nitrogen and oxygen atoms in total. The first kappa shape index (κ1) is 15.0. The largest absolute Gasteiger partial charge is 0.467 e. The highest BCUT2D eigenvalue weighted by Gasteiger charge is 2.69. The van der Waals surface area contributed by atoms with E-state index in [1.165, 1.54) is 14.1 Å². The van der Waals surface area contributed by atoms with Crippen molar-refractivity contribution in [2.24, 2.45) is 0 Å². The second kappa shape index (κ2) is 4.55. The molecule has 1 aromatic rings. The van der Waals surface area contributed by atoms with Crippen LogP contribution in [0.1, 0.15) is 6.42 Å². The second-order valence-corrected chi connectivity index (χ2v) is 6.67. The summed E-state index contributed by atoms with van der Waals surface area (Å²) in [5, 5.41) is 11.2. The van der Waals surface area contributed by atoms with Gasteiger partial charge in [-0.25, -0.2) is 0 Å². The number of fused-ring (bicyclic) bond motifs is 1. The average molecular weight is 326 g/mol. The van der Waals surface area contributed by atoms with Gasteiger partial charge in [0.2, 0.25) is 0 Å². The molecule has 10 heteroatoms. The maximum absolute atomic E-state index is 13.4. The van der Waals surface area contributed by atoms with E-state index in [-0.39, 0.29) is 8.59 Å². The first-order chi connectivity index (χ1) is 9.11. The Morgan fingerprint density at radius 2 is 2.00 bits per heavy atom. The van der Waals surface area contributed by atoms with Crippen molar-refractivity contribution in [3.63, 3.8) is 0 Å². The van der Waals surface area contributed by atoms with Crippen LogP contribution in [0, 0.1) is 10.1 Å². The summed E-state index contributed by atoms with van der Waals surface area (Å²) in [4.78, 5) is 22.4. The summed E-state index contributed by atoms with van der Waals surface area (Å²) >= 11 is 1.42. The van der Waals surface area contributed by atoms with Crippen LogP contribution in [0.15, 0.2) is 4.79 Å². The number of nitrogens with zero attached hydrogens (tertiary/aromatic N) is 2. The quantitative estimate of drug-likeness (QED) is 0.590. The highest BCUT2D eigenvalue weighted by molar-refractivity contribution is 7.24. The van der Waals surface area contributed by atoms with Crippen LogP contribution in [0.4, 0.5) is 13.2 Å². The van der Waals surface area contributed by atoms with Crippen LogP contribution < -0.4 is 13.1 Å². The van der Waals surface area contributed by atoms with Crippen molar-refractivity contribution in [1.29, 1.82) is 0 Å². The summed E-state index contributed by atoms with van der Waals surface area (Å²) in [7, 11) is 2.62. The fourth-order valence-electron chi connectivity index (χ4n) is 2.20. The van der Waals surface area contributed by atoms with Crippen LogP contribution in [-0.4, -0.2) is 35.6 Å². The summed E-state index contributed by atoms with van der Waals surface area (Å²) in [6, 6.07) is 0. The molecule has 1 aromatic heterocycles. The number of likely N-dealkylation sites (N-methyl/N-ethyl adjacent to an activating group) is 1. The van der Waals surface area contributed by atoms with Gasteiger partial charge in [-0.2, -0.15) is 13.2 Å². The Bertz CT molecular complexity index is 734. The van der Waals surface area contributed by atoms with E-state index in [1.54, 1.807) is 0 Å². The van der Waals surface area contributed by atoms with E-state index in [2.05, 4.69) is 0 Å². The van der Waals surface area contributed by atoms with E-state index < -0.39 is 28.8 Å². The average Bonchev–Trinajstić information content (AvgIpc) is 2.64. The van der Waals surface area contributed by atoms with Crippen molar-refractivity contribution in [1.82, 2.24) is 4.90 Å². The molecular weight excluding hydrogens is 317 g/mol. The summed E-state index contributed by atoms with van der Waals surface area (Å²) in [6.45, 7) is 0. The summed E-state index contributed by atoms with van der Waals surface area (Å²) < 4.78 is 40.2. The van der Waals surface area contributed by atoms with Gasteiger partial charge in [0.1, 0.15) is 5.70 Å². The summed E-state index contributed by atoms with van der Waals surface area (Å²) in [5.41, 5.74) is -3.68. The Kier molecular flexibility index (Phi) is 3.41. The lowest BCUT2D eigenvalue weighted by atomic mass is 9.88. The van der Waals surface area contributed by atoms with Crippen LogP contribution in [0.2, 0.25) is 0 Å². The molecule has 0 radical (unpaired) electrons. The molecule has 0 N–H and O–H groups in total. The predicted octanol–water partition coefficient (Wildman–Crippen LogP) is 0.602. The molecule has 0 aromatic carbocycles. The van der Waals surface area contributed by atoms with Gasteiger partial charge < -0.3 is 4.90 Å². The van der Waals surface area contributed by atoms with E-state index >= 15 is 0 Å². The molecule has 0 fully saturated rings. The highest BCUT2D eigenvalue weighted by atomic mass is 32.2. The van der Waals surface area contributed by atoms with Crippen molar-refractivity contribution < 1.29 is 18.1 Å². The molecule has 1 aliphatic carbocycles. The fourth-order valence-corrected chi connectivity index (χ4v) is 4.47. The van der Waals surface area contributed by atoms with Gasteiger partial charge in [0.25, 0.3) is 4.06 Å². The Morgan fingerprint density at radius 1 is 1.40 bits per heavy atom. The topological polar surface area (TPSA) is 63.5 Å². The van der Waals surface area contributed by atoms with Crippen molar-refractivity contribution in [3.8, 4) is 0 Å². The SMILES string of the molecule is CN(C)C1=c2sc(=O)sc2=CCC1([N+](=O)[O-])C(F)(F)F. The van der Waals surface area contributed by atoms with E-state index in [1.807, 2.05) is 0 Å². The lowest BCUT2D eigenvalue weighted by Crippen LogP contribution is -2.59. The number of rotatable bonds is 2. The van der Waals surface area contributed by atoms with Gasteiger partial charge in [0.15, 0.2) is 0 Å². The number of alkyl halides is 3. The van der Waals surface area contributed by atoms with E-state index in [0.717, 1.165) is 22.3 Å². The third-order valence-corrected chi connectivity index (χ3v) is 5.19. The van der Waals surface area contributed by atoms with Crippen LogP contribution >= 0.6 is 22.7 Å². The minimum Gasteiger partial charge on any atom is -0.374 e. The first-order valence-corrected chi connectivity index (χ1v) is 6.98. The molecule has 0 amide bonds. The molecule has 1 unspecified atom stereocenters. The van der Waals surface area contributed by atoms with Crippen molar-refractivity contribution in [2.45, 2.75) is 18.1 Å². The lowest BCUT2D eigenvalue weighted by molar-refractivity contribution is -0.594. The molecule has 0 bridgehead atoms. The monoisotopic (exact) mass is 326 g/mol. The zero-order valence-electron chi connectivity index (χ0n) is 10.4. The molecule has 0 saturated heterocycles. The van der Waals surface area contributed by atoms with Gasteiger partial charge in [-0.15, -0.1) is 0 Å². The Hall–Kier alpha value is -1.42. The minimum atomic E-state index is -5.05. The van der Waals surface area contributed by atoms with Gasteiger partial charge >= 0.3 is 11.7 Å². The molecule has 0 saturated carbocycles. The highest BCUT2D eigenvalue weighted by Crippen LogP contribution is 2.43. The third kappa shape index (κ3) is 1.94. The summed E-state index contributed by atoms with van der Waals surface area (Å²) in [6.07, 6.45) is -4.74. The fraction of sp³-hybridized carbons (Fsp3) is 0.500. The van der Waals surface area contributed by atoms with Crippen molar-refractivity contribution in [3.05, 3.63) is 28.0 Å². The van der Waals surface area contributed by atoms with Gasteiger partial charge in [0, 0.05) is 23.6 Å². The van der Waals surface area contributed by atoms with E-state index in [4.69, 9.17) is 0 Å². The molecular formula is C10H9F3N2O3S2. The third-order valence-electron chi connectivity index (χ3n) is 3.02. The van der Waals surface area contributed by atoms with Crippen LogP contribution in [0.25, 0.3) is 11.8 Å². The molecule has 1 aliphatic rings. The number of nitro groups is 1. The van der Waals surface area contributed by atoms with Crippen LogP contribution in [0.3, 0.4) is 0 Å². The Labute approximate surface area is 118 Å². The number of hydrogen-bond donors (Lipinski definition) is 0. The normalized spacial score (nSPS) is 22.1. The second-order valence-electron chi connectivity index (χ2n) is 4.41. The Balaban J connectivity index is 2.97. The molecule has 0 aliphatic heterocycles. The molecule has 0 spiro atoms. The van der Waals surface area contributed by atoms with Crippen LogP contribution in [-0.2, 0) is 0 Å². The number of hydrogen-bond acceptors (Lipinski definition) is 6. The van der Waals surface area contributed by atoms with Crippen LogP contribution in [0.5, 0.6) is 0 Å². The minimum absolute atomic E-state index is 0.0327. The number of halogens is 3. The smallest absolute Gasteiger partial charge is 0.374 e. The van der Waals surface area contributed by atoms with E-state index in [9.17, 15) is 28.1 Å². The van der Waals surface area contributed by atoms with Gasteiger partial charge in [-0.1, -0.05) is 28.7 Å². The molecule has 2 rings (SSSR count). The maximum Gasteiger partial charge on any atom is 0.467 e. The van der Waals surface area contributed by atoms with Gasteiger partial charge in [-0.05, 0) is 0 Å². The molecule has 20 heavy (non-hydrogen) atoms. The first-order valence-electron chi connectivity index (χ1n) is 5.34. The predicted molar refractivity (Wildman–Crippen MR) is 69.7 cm³/mol. The zero-order chi connectivity index (χ0) is 15.3. The van der Waals surface area contributed by atoms with Crippen molar-refractivity contribution in [2.75, 3.05) is 14.1 Å². The zero-order valence-corrected chi connectivity index (χ0v) is 12.0. The molecule has 110 valence electrons. The Morgan fingerprint density at radius 3 is 2.45 bits per heavy atom. The van der Waals surface area contributed by atoms with Crippen molar-refractivity contribution >= 4 is 34.4 Å². The van der Waals surface area contributed by atoms with Gasteiger partial charge in [0.05, 0.1) is 11.0 Å². The maximum atomic E-state index is 13.4. The summed E-state index contributed by atoms with van der Waals surface area (Å²) in [5.74, 6) is 0. The van der Waals surface area contributed by atoms with Gasteiger partial charge in [-0.3, -0.25) is 14.9 Å². The van der Waals surface area contributed by atoms with E-state index in [0.29, 0.717) is 15.9 Å². The molecule has 1 heterocycles. The lowest BCUT2D eigenvalue weighted by Gasteiger charge is -2.33.